The van der Waals surface area contributed by atoms with E-state index in [2.05, 4.69) is 34.3 Å². The number of hydrogen-bond donors (Lipinski definition) is 2. The fourth-order valence-electron chi connectivity index (χ4n) is 3.40. The van der Waals surface area contributed by atoms with Crippen molar-refractivity contribution in [3.05, 3.63) is 29.8 Å². The molecule has 22 heavy (non-hydrogen) atoms. The average Bonchev–Trinajstić information content (AvgIpc) is 3.17. The second-order valence-corrected chi connectivity index (χ2v) is 6.08. The number of aliphatic imine (C=N–C) groups is 1. The highest BCUT2D eigenvalue weighted by Crippen LogP contribution is 2.32. The molecule has 2 atom stereocenters. The van der Waals surface area contributed by atoms with Crippen LogP contribution in [0.15, 0.2) is 29.3 Å². The molecule has 5 heteroatoms. The highest BCUT2D eigenvalue weighted by Gasteiger charge is 2.24. The number of likely N-dealkylation sites (N-methyl/N-ethyl adjacent to an activating group) is 1. The zero-order valence-electron chi connectivity index (χ0n) is 13.3. The lowest BCUT2D eigenvalue weighted by molar-refractivity contribution is 0.273. The Bertz CT molecular complexity index is 531. The molecule has 0 bridgehead atoms. The molecule has 1 aromatic rings. The fraction of sp³-hybridized carbons (Fsp3) is 0.588. The number of para-hydroxylation sites is 1. The highest BCUT2D eigenvalue weighted by atomic mass is 16.5. The quantitative estimate of drug-likeness (QED) is 0.640. The topological polar surface area (TPSA) is 62.9 Å². The number of ether oxygens (including phenoxy) is 1. The zero-order valence-corrected chi connectivity index (χ0v) is 13.3. The van der Waals surface area contributed by atoms with Gasteiger partial charge in [-0.3, -0.25) is 9.89 Å². The lowest BCUT2D eigenvalue weighted by Crippen LogP contribution is -2.37. The molecular weight excluding hydrogens is 276 g/mol. The Morgan fingerprint density at radius 2 is 2.32 bits per heavy atom. The lowest BCUT2D eigenvalue weighted by atomic mass is 10.0. The van der Waals surface area contributed by atoms with Gasteiger partial charge in [0, 0.05) is 24.1 Å². The minimum Gasteiger partial charge on any atom is -0.493 e. The van der Waals surface area contributed by atoms with Crippen molar-refractivity contribution in [1.82, 2.24) is 10.2 Å². The number of nitrogens with two attached hydrogens (primary N) is 1. The van der Waals surface area contributed by atoms with Crippen molar-refractivity contribution in [1.29, 1.82) is 0 Å². The Morgan fingerprint density at radius 3 is 3.18 bits per heavy atom. The number of benzene rings is 1. The number of nitrogens with one attached hydrogen (secondary N) is 1. The summed E-state index contributed by atoms with van der Waals surface area (Å²) in [7, 11) is 0. The summed E-state index contributed by atoms with van der Waals surface area (Å²) in [6, 6.07) is 8.76. The van der Waals surface area contributed by atoms with Crippen LogP contribution in [0, 0.1) is 0 Å². The van der Waals surface area contributed by atoms with Crippen LogP contribution in [0.25, 0.3) is 0 Å². The minimum absolute atomic E-state index is 0.351. The smallest absolute Gasteiger partial charge is 0.188 e. The molecule has 2 aliphatic rings. The van der Waals surface area contributed by atoms with Gasteiger partial charge >= 0.3 is 0 Å². The Morgan fingerprint density at radius 1 is 1.45 bits per heavy atom. The zero-order chi connectivity index (χ0) is 15.4. The molecular formula is C17H26N4O. The summed E-state index contributed by atoms with van der Waals surface area (Å²) in [4.78, 5) is 7.01. The van der Waals surface area contributed by atoms with Crippen LogP contribution >= 0.6 is 0 Å². The van der Waals surface area contributed by atoms with Crippen molar-refractivity contribution in [2.75, 3.05) is 32.8 Å². The van der Waals surface area contributed by atoms with E-state index in [0.717, 1.165) is 25.4 Å². The second kappa shape index (κ2) is 7.01. The van der Waals surface area contributed by atoms with Gasteiger partial charge < -0.3 is 15.8 Å². The standard InChI is InChI=1S/C17H26N4O/c1-2-21-9-5-6-14(21)11-20-17(18)19-10-13-12-22-16-8-4-3-7-15(13)16/h3-4,7-8,13-14H,2,5-6,9-12H2,1H3,(H3,18,19,20). The Balaban J connectivity index is 1.48. The van der Waals surface area contributed by atoms with Crippen LogP contribution < -0.4 is 15.8 Å². The molecule has 3 N–H and O–H groups in total. The van der Waals surface area contributed by atoms with E-state index in [9.17, 15) is 0 Å². The second-order valence-electron chi connectivity index (χ2n) is 6.08. The molecule has 0 amide bonds. The number of likely N-dealkylation sites (tertiary alicyclic amines) is 1. The van der Waals surface area contributed by atoms with Crippen molar-refractivity contribution in [3.63, 3.8) is 0 Å². The highest BCUT2D eigenvalue weighted by molar-refractivity contribution is 5.77. The third kappa shape index (κ3) is 3.35. The Kier molecular flexibility index (Phi) is 4.83. The fourth-order valence-corrected chi connectivity index (χ4v) is 3.40. The van der Waals surface area contributed by atoms with Crippen molar-refractivity contribution >= 4 is 5.96 Å². The van der Waals surface area contributed by atoms with E-state index >= 15 is 0 Å². The molecule has 1 aromatic carbocycles. The molecule has 1 fully saturated rings. The predicted molar refractivity (Wildman–Crippen MR) is 89.4 cm³/mol. The normalized spacial score (nSPS) is 25.0. The van der Waals surface area contributed by atoms with Crippen LogP contribution in [-0.2, 0) is 0 Å². The van der Waals surface area contributed by atoms with Gasteiger partial charge in [0.25, 0.3) is 0 Å². The van der Waals surface area contributed by atoms with E-state index < -0.39 is 0 Å². The number of guanidine groups is 1. The van der Waals surface area contributed by atoms with E-state index in [1.165, 1.54) is 24.9 Å². The van der Waals surface area contributed by atoms with Crippen LogP contribution in [0.5, 0.6) is 5.75 Å². The summed E-state index contributed by atoms with van der Waals surface area (Å²) in [5.74, 6) is 1.89. The third-order valence-corrected chi connectivity index (χ3v) is 4.71. The summed E-state index contributed by atoms with van der Waals surface area (Å²) in [5.41, 5.74) is 7.28. The largest absolute Gasteiger partial charge is 0.493 e. The average molecular weight is 302 g/mol. The van der Waals surface area contributed by atoms with Crippen molar-refractivity contribution in [2.45, 2.75) is 31.7 Å². The van der Waals surface area contributed by atoms with Crippen molar-refractivity contribution in [3.8, 4) is 5.75 Å². The molecule has 0 spiro atoms. The monoisotopic (exact) mass is 302 g/mol. The van der Waals surface area contributed by atoms with Gasteiger partial charge in [-0.15, -0.1) is 0 Å². The van der Waals surface area contributed by atoms with Crippen LogP contribution in [0.1, 0.15) is 31.2 Å². The Labute approximate surface area is 132 Å². The molecule has 2 unspecified atom stereocenters. The predicted octanol–water partition coefficient (Wildman–Crippen LogP) is 1.55. The molecule has 1 saturated heterocycles. The molecule has 5 nitrogen and oxygen atoms in total. The maximum Gasteiger partial charge on any atom is 0.188 e. The molecule has 0 aliphatic carbocycles. The molecule has 2 aliphatic heterocycles. The third-order valence-electron chi connectivity index (χ3n) is 4.71. The SMILES string of the molecule is CCN1CCCC1CN=C(N)NCC1COc2ccccc21. The van der Waals surface area contributed by atoms with Crippen LogP contribution in [0.4, 0.5) is 0 Å². The molecule has 0 saturated carbocycles. The first-order valence-corrected chi connectivity index (χ1v) is 8.27. The van der Waals surface area contributed by atoms with E-state index in [-0.39, 0.29) is 0 Å². The maximum absolute atomic E-state index is 6.02. The Hall–Kier alpha value is -1.75. The van der Waals surface area contributed by atoms with Crippen molar-refractivity contribution in [2.24, 2.45) is 10.7 Å². The van der Waals surface area contributed by atoms with Gasteiger partial charge in [0.15, 0.2) is 5.96 Å². The van der Waals surface area contributed by atoms with Gasteiger partial charge in [-0.25, -0.2) is 0 Å². The van der Waals surface area contributed by atoms with Gasteiger partial charge in [-0.1, -0.05) is 25.1 Å². The van der Waals surface area contributed by atoms with Crippen LogP contribution in [0.3, 0.4) is 0 Å². The molecule has 120 valence electrons. The number of rotatable bonds is 5. The number of fused-ring (bicyclic) bond motifs is 1. The summed E-state index contributed by atoms with van der Waals surface area (Å²) in [6.45, 7) is 6.79. The minimum atomic E-state index is 0.351. The lowest BCUT2D eigenvalue weighted by Gasteiger charge is -2.21. The summed E-state index contributed by atoms with van der Waals surface area (Å²) in [5, 5.41) is 3.25. The molecule has 3 rings (SSSR count). The molecule has 0 radical (unpaired) electrons. The van der Waals surface area contributed by atoms with Crippen LogP contribution in [0.2, 0.25) is 0 Å². The maximum atomic E-state index is 6.02. The van der Waals surface area contributed by atoms with Crippen LogP contribution in [-0.4, -0.2) is 49.7 Å². The van der Waals surface area contributed by atoms with Gasteiger partial charge in [-0.2, -0.15) is 0 Å². The van der Waals surface area contributed by atoms with E-state index in [1.54, 1.807) is 0 Å². The van der Waals surface area contributed by atoms with E-state index in [0.29, 0.717) is 24.5 Å². The van der Waals surface area contributed by atoms with E-state index in [4.69, 9.17) is 10.5 Å². The first-order chi connectivity index (χ1) is 10.8. The van der Waals surface area contributed by atoms with Gasteiger partial charge in [0.1, 0.15) is 5.75 Å². The van der Waals surface area contributed by atoms with Gasteiger partial charge in [0.2, 0.25) is 0 Å². The number of nitrogens with zero attached hydrogens (tertiary/aromatic N) is 2. The first-order valence-electron chi connectivity index (χ1n) is 8.27. The molecule has 2 heterocycles. The summed E-state index contributed by atoms with van der Waals surface area (Å²) >= 11 is 0. The van der Waals surface area contributed by atoms with Gasteiger partial charge in [-0.05, 0) is 32.0 Å². The first kappa shape index (κ1) is 15.2. The van der Waals surface area contributed by atoms with Crippen molar-refractivity contribution < 1.29 is 4.74 Å². The summed E-state index contributed by atoms with van der Waals surface area (Å²) in [6.07, 6.45) is 2.51. The van der Waals surface area contributed by atoms with E-state index in [1.807, 2.05) is 12.1 Å². The molecule has 0 aromatic heterocycles. The summed E-state index contributed by atoms with van der Waals surface area (Å²) < 4.78 is 5.69. The van der Waals surface area contributed by atoms with Gasteiger partial charge in [0.05, 0.1) is 13.2 Å². The number of hydrogen-bond acceptors (Lipinski definition) is 3.